The minimum absolute atomic E-state index is 0.413. The minimum atomic E-state index is -1.03. The molecule has 0 aliphatic heterocycles. The number of aryl methyl sites for hydroxylation is 1. The van der Waals surface area contributed by atoms with Crippen LogP contribution < -0.4 is 9.47 Å². The van der Waals surface area contributed by atoms with E-state index in [1.807, 2.05) is 18.2 Å². The molecule has 0 atom stereocenters. The van der Waals surface area contributed by atoms with Gasteiger partial charge in [-0.2, -0.15) is 0 Å². The van der Waals surface area contributed by atoms with E-state index >= 15 is 0 Å². The van der Waals surface area contributed by atoms with Gasteiger partial charge in [-0.25, -0.2) is 4.79 Å². The van der Waals surface area contributed by atoms with Gasteiger partial charge in [0.05, 0.1) is 16.4 Å². The van der Waals surface area contributed by atoms with Gasteiger partial charge < -0.3 is 14.6 Å². The molecule has 6 heteroatoms. The van der Waals surface area contributed by atoms with Crippen LogP contribution in [0.4, 0.5) is 5.69 Å². The molecule has 0 unspecified atom stereocenters. The third kappa shape index (κ3) is 4.95. The summed E-state index contributed by atoms with van der Waals surface area (Å²) in [5.41, 5.74) is 2.98. The minimum Gasteiger partial charge on any atom is -0.493 e. The van der Waals surface area contributed by atoms with E-state index in [0.29, 0.717) is 11.5 Å². The van der Waals surface area contributed by atoms with Gasteiger partial charge in [-0.15, -0.1) is 0 Å². The van der Waals surface area contributed by atoms with Gasteiger partial charge >= 0.3 is 5.97 Å². The van der Waals surface area contributed by atoms with E-state index in [1.165, 1.54) is 12.7 Å². The van der Waals surface area contributed by atoms with Crippen molar-refractivity contribution in [2.24, 2.45) is 4.99 Å². The van der Waals surface area contributed by atoms with Crippen LogP contribution in [0.3, 0.4) is 0 Å². The molecule has 0 saturated carbocycles. The number of benzene rings is 2. The van der Waals surface area contributed by atoms with Gasteiger partial charge in [0.1, 0.15) is 0 Å². The van der Waals surface area contributed by atoms with Crippen molar-refractivity contribution in [3.05, 3.63) is 51.1 Å². The molecule has 0 bridgehead atoms. The summed E-state index contributed by atoms with van der Waals surface area (Å²) in [6.45, 7) is 1.70. The molecule has 5 nitrogen and oxygen atoms in total. The van der Waals surface area contributed by atoms with Crippen LogP contribution >= 0.6 is 22.6 Å². The van der Waals surface area contributed by atoms with Crippen molar-refractivity contribution in [1.82, 2.24) is 0 Å². The number of carboxylic acid groups (broad SMARTS) is 1. The molecule has 0 amide bonds. The lowest BCUT2D eigenvalue weighted by Crippen LogP contribution is -2.11. The maximum atomic E-state index is 10.7. The van der Waals surface area contributed by atoms with Crippen LogP contribution in [0.25, 0.3) is 0 Å². The van der Waals surface area contributed by atoms with Crippen molar-refractivity contribution >= 4 is 40.5 Å². The zero-order valence-corrected chi connectivity index (χ0v) is 15.6. The van der Waals surface area contributed by atoms with E-state index in [2.05, 4.69) is 46.6 Å². The van der Waals surface area contributed by atoms with E-state index in [9.17, 15) is 4.79 Å². The Bertz CT molecular complexity index is 741. The molecule has 1 N–H and O–H groups in total. The third-order valence-corrected chi connectivity index (χ3v) is 4.10. The summed E-state index contributed by atoms with van der Waals surface area (Å²) < 4.78 is 11.3. The van der Waals surface area contributed by atoms with Crippen LogP contribution in [-0.2, 0) is 11.2 Å². The Kier molecular flexibility index (Phi) is 6.60. The van der Waals surface area contributed by atoms with Crippen molar-refractivity contribution in [2.75, 3.05) is 13.7 Å². The summed E-state index contributed by atoms with van der Waals surface area (Å²) >= 11 is 2.09. The largest absolute Gasteiger partial charge is 0.493 e. The molecule has 0 aromatic heterocycles. The average molecular weight is 439 g/mol. The van der Waals surface area contributed by atoms with E-state index < -0.39 is 12.6 Å². The van der Waals surface area contributed by atoms with Gasteiger partial charge in [0, 0.05) is 6.21 Å². The lowest BCUT2D eigenvalue weighted by atomic mass is 10.1. The van der Waals surface area contributed by atoms with Crippen LogP contribution in [0.2, 0.25) is 0 Å². The highest BCUT2D eigenvalue weighted by molar-refractivity contribution is 14.1. The Labute approximate surface area is 154 Å². The number of hydrogen-bond acceptors (Lipinski definition) is 4. The fourth-order valence-corrected chi connectivity index (χ4v) is 2.84. The first-order valence-corrected chi connectivity index (χ1v) is 8.46. The summed E-state index contributed by atoms with van der Waals surface area (Å²) in [5.74, 6) is -0.134. The highest BCUT2D eigenvalue weighted by Gasteiger charge is 2.12. The van der Waals surface area contributed by atoms with Gasteiger partial charge in [0.15, 0.2) is 18.1 Å². The van der Waals surface area contributed by atoms with Gasteiger partial charge in [-0.1, -0.05) is 19.1 Å². The van der Waals surface area contributed by atoms with Gasteiger partial charge in [-0.3, -0.25) is 4.99 Å². The third-order valence-electron chi connectivity index (χ3n) is 3.30. The van der Waals surface area contributed by atoms with Crippen molar-refractivity contribution < 1.29 is 19.4 Å². The van der Waals surface area contributed by atoms with Crippen LogP contribution in [0.1, 0.15) is 18.1 Å². The van der Waals surface area contributed by atoms with Crippen LogP contribution in [-0.4, -0.2) is 31.0 Å². The monoisotopic (exact) mass is 439 g/mol. The molecule has 0 aliphatic carbocycles. The van der Waals surface area contributed by atoms with Crippen LogP contribution in [0.5, 0.6) is 11.5 Å². The van der Waals surface area contributed by atoms with Gasteiger partial charge in [-0.05, 0) is 64.4 Å². The number of methoxy groups -OCH3 is 1. The first-order valence-electron chi connectivity index (χ1n) is 7.38. The normalized spacial score (nSPS) is 10.8. The second kappa shape index (κ2) is 8.68. The first kappa shape index (κ1) is 18.3. The summed E-state index contributed by atoms with van der Waals surface area (Å²) in [6.07, 6.45) is 2.74. The predicted molar refractivity (Wildman–Crippen MR) is 102 cm³/mol. The van der Waals surface area contributed by atoms with E-state index in [4.69, 9.17) is 14.6 Å². The Balaban J connectivity index is 2.22. The summed E-state index contributed by atoms with van der Waals surface area (Å²) in [6, 6.07) is 11.7. The molecule has 0 spiro atoms. The Morgan fingerprint density at radius 1 is 1.29 bits per heavy atom. The quantitative estimate of drug-likeness (QED) is 0.522. The molecule has 0 saturated heterocycles. The SMILES string of the molecule is CCc1ccc(N=Cc2cc(I)c(OCC(=O)O)c(OC)c2)cc1. The number of nitrogens with zero attached hydrogens (tertiary/aromatic N) is 1. The number of carboxylic acids is 1. The highest BCUT2D eigenvalue weighted by atomic mass is 127. The highest BCUT2D eigenvalue weighted by Crippen LogP contribution is 2.33. The number of aliphatic carboxylic acids is 1. The topological polar surface area (TPSA) is 68.1 Å². The predicted octanol–water partition coefficient (Wildman–Crippen LogP) is 4.08. The first-order chi connectivity index (χ1) is 11.5. The average Bonchev–Trinajstić information content (AvgIpc) is 2.58. The Morgan fingerprint density at radius 3 is 2.58 bits per heavy atom. The van der Waals surface area contributed by atoms with Crippen molar-refractivity contribution in [3.63, 3.8) is 0 Å². The maximum Gasteiger partial charge on any atom is 0.341 e. The number of carbonyl (C=O) groups is 1. The smallest absolute Gasteiger partial charge is 0.341 e. The lowest BCUT2D eigenvalue weighted by molar-refractivity contribution is -0.139. The van der Waals surface area contributed by atoms with E-state index in [0.717, 1.165) is 21.2 Å². The molecular formula is C18H18INO4. The summed E-state index contributed by atoms with van der Waals surface area (Å²) in [5, 5.41) is 8.74. The van der Waals surface area contributed by atoms with E-state index in [-0.39, 0.29) is 0 Å². The van der Waals surface area contributed by atoms with Crippen LogP contribution in [0, 0.1) is 3.57 Å². The number of hydrogen-bond donors (Lipinski definition) is 1. The fraction of sp³-hybridized carbons (Fsp3) is 0.222. The van der Waals surface area contributed by atoms with Crippen molar-refractivity contribution in [1.29, 1.82) is 0 Å². The van der Waals surface area contributed by atoms with Gasteiger partial charge in [0.25, 0.3) is 0 Å². The molecule has 126 valence electrons. The second-order valence-corrected chi connectivity index (χ2v) is 6.16. The maximum absolute atomic E-state index is 10.7. The molecular weight excluding hydrogens is 421 g/mol. The Hall–Kier alpha value is -2.09. The zero-order chi connectivity index (χ0) is 17.5. The molecule has 2 rings (SSSR count). The molecule has 0 heterocycles. The summed E-state index contributed by atoms with van der Waals surface area (Å²) in [7, 11) is 1.52. The van der Waals surface area contributed by atoms with Crippen molar-refractivity contribution in [3.8, 4) is 11.5 Å². The number of aliphatic imine (C=N–C) groups is 1. The van der Waals surface area contributed by atoms with Crippen LogP contribution in [0.15, 0.2) is 41.4 Å². The standard InChI is InChI=1S/C18H18INO4/c1-3-12-4-6-14(7-5-12)20-10-13-8-15(19)18(16(9-13)23-2)24-11-17(21)22/h4-10H,3,11H2,1-2H3,(H,21,22). The molecule has 0 aliphatic rings. The summed E-state index contributed by atoms with van der Waals surface area (Å²) in [4.78, 5) is 15.1. The molecule has 2 aromatic carbocycles. The lowest BCUT2D eigenvalue weighted by Gasteiger charge is -2.12. The Morgan fingerprint density at radius 2 is 2.00 bits per heavy atom. The zero-order valence-electron chi connectivity index (χ0n) is 13.5. The molecule has 2 aromatic rings. The molecule has 24 heavy (non-hydrogen) atoms. The fourth-order valence-electron chi connectivity index (χ4n) is 2.06. The van der Waals surface area contributed by atoms with E-state index in [1.54, 1.807) is 12.3 Å². The molecule has 0 fully saturated rings. The van der Waals surface area contributed by atoms with Gasteiger partial charge in [0.2, 0.25) is 0 Å². The second-order valence-electron chi connectivity index (χ2n) is 4.99. The molecule has 0 radical (unpaired) electrons. The number of rotatable bonds is 7. The number of halogens is 1. The van der Waals surface area contributed by atoms with Crippen molar-refractivity contribution in [2.45, 2.75) is 13.3 Å². The number of ether oxygens (including phenoxy) is 2.